The van der Waals surface area contributed by atoms with Crippen molar-refractivity contribution in [2.45, 2.75) is 0 Å². The molecule has 2 aromatic rings. The van der Waals surface area contributed by atoms with Gasteiger partial charge in [-0.25, -0.2) is 4.98 Å². The number of hydrogen-bond donors (Lipinski definition) is 0. The number of halogens is 1. The first-order chi connectivity index (χ1) is 9.68. The molecular weight excluding hydrogens is 259 g/mol. The maximum atomic E-state index is 13.4. The van der Waals surface area contributed by atoms with E-state index in [0.29, 0.717) is 13.2 Å². The fourth-order valence-corrected chi connectivity index (χ4v) is 1.67. The molecule has 1 aromatic heterocycles. The van der Waals surface area contributed by atoms with Crippen molar-refractivity contribution in [3.05, 3.63) is 60.2 Å². The lowest BCUT2D eigenvalue weighted by atomic mass is 10.2. The summed E-state index contributed by atoms with van der Waals surface area (Å²) in [6.07, 6.45) is 1.31. The second kappa shape index (κ2) is 6.65. The minimum absolute atomic E-state index is 0.0327. The van der Waals surface area contributed by atoms with Crippen molar-refractivity contribution in [2.24, 2.45) is 0 Å². The largest absolute Gasteiger partial charge is 0.492 e. The zero-order valence-corrected chi connectivity index (χ0v) is 11.1. The highest BCUT2D eigenvalue weighted by Gasteiger charge is 2.16. The number of carbonyl (C=O) groups is 1. The van der Waals surface area contributed by atoms with Crippen molar-refractivity contribution >= 4 is 5.91 Å². The zero-order valence-electron chi connectivity index (χ0n) is 11.1. The summed E-state index contributed by atoms with van der Waals surface area (Å²) in [7, 11) is 1.60. The van der Waals surface area contributed by atoms with E-state index in [1.54, 1.807) is 7.05 Å². The highest BCUT2D eigenvalue weighted by atomic mass is 19.1. The number of amides is 1. The molecule has 0 bridgehead atoms. The highest BCUT2D eigenvalue weighted by molar-refractivity contribution is 5.93. The fourth-order valence-electron chi connectivity index (χ4n) is 1.67. The first kappa shape index (κ1) is 14.0. The van der Waals surface area contributed by atoms with E-state index in [9.17, 15) is 9.18 Å². The lowest BCUT2D eigenvalue weighted by molar-refractivity contribution is 0.0768. The average Bonchev–Trinajstić information content (AvgIpc) is 2.48. The van der Waals surface area contributed by atoms with E-state index >= 15 is 0 Å². The van der Waals surface area contributed by atoms with Gasteiger partial charge in [-0.15, -0.1) is 0 Å². The van der Waals surface area contributed by atoms with Gasteiger partial charge in [0.1, 0.15) is 12.4 Å². The molecule has 0 aliphatic rings. The van der Waals surface area contributed by atoms with Gasteiger partial charge in [0.05, 0.1) is 12.1 Å². The summed E-state index contributed by atoms with van der Waals surface area (Å²) in [5, 5.41) is 0. The number of carbonyl (C=O) groups excluding carboxylic acids is 1. The van der Waals surface area contributed by atoms with Crippen LogP contribution in [0.2, 0.25) is 0 Å². The van der Waals surface area contributed by atoms with E-state index in [4.69, 9.17) is 4.74 Å². The van der Waals surface area contributed by atoms with Crippen molar-refractivity contribution in [3.63, 3.8) is 0 Å². The van der Waals surface area contributed by atoms with Crippen LogP contribution in [-0.2, 0) is 0 Å². The number of benzene rings is 1. The molecule has 0 unspecified atom stereocenters. The minimum Gasteiger partial charge on any atom is -0.492 e. The van der Waals surface area contributed by atoms with Crippen LogP contribution < -0.4 is 4.74 Å². The SMILES string of the molecule is CN(CCOc1ccccc1)C(=O)c1cccnc1F. The van der Waals surface area contributed by atoms with Crippen LogP contribution >= 0.6 is 0 Å². The van der Waals surface area contributed by atoms with E-state index in [1.807, 2.05) is 30.3 Å². The Morgan fingerprint density at radius 3 is 2.70 bits per heavy atom. The van der Waals surface area contributed by atoms with Crippen molar-refractivity contribution in [1.82, 2.24) is 9.88 Å². The molecule has 5 heteroatoms. The third kappa shape index (κ3) is 3.54. The predicted molar refractivity (Wildman–Crippen MR) is 73.1 cm³/mol. The van der Waals surface area contributed by atoms with Gasteiger partial charge in [-0.05, 0) is 24.3 Å². The Hall–Kier alpha value is -2.43. The number of para-hydroxylation sites is 1. The topological polar surface area (TPSA) is 42.4 Å². The molecule has 0 saturated carbocycles. The molecule has 2 rings (SSSR count). The summed E-state index contributed by atoms with van der Waals surface area (Å²) < 4.78 is 18.9. The number of aromatic nitrogens is 1. The molecule has 0 saturated heterocycles. The van der Waals surface area contributed by atoms with Crippen LogP contribution in [-0.4, -0.2) is 36.0 Å². The molecule has 0 radical (unpaired) electrons. The Bertz CT molecular complexity index is 575. The third-order valence-electron chi connectivity index (χ3n) is 2.77. The Morgan fingerprint density at radius 1 is 1.25 bits per heavy atom. The van der Waals surface area contributed by atoms with Crippen molar-refractivity contribution in [1.29, 1.82) is 0 Å². The van der Waals surface area contributed by atoms with Gasteiger partial charge >= 0.3 is 0 Å². The number of nitrogens with zero attached hydrogens (tertiary/aromatic N) is 2. The van der Waals surface area contributed by atoms with E-state index in [0.717, 1.165) is 5.75 Å². The molecule has 104 valence electrons. The first-order valence-electron chi connectivity index (χ1n) is 6.22. The lowest BCUT2D eigenvalue weighted by Gasteiger charge is -2.17. The molecule has 20 heavy (non-hydrogen) atoms. The summed E-state index contributed by atoms with van der Waals surface area (Å²) in [5.41, 5.74) is -0.0327. The van der Waals surface area contributed by atoms with E-state index in [2.05, 4.69) is 4.98 Å². The van der Waals surface area contributed by atoms with Gasteiger partial charge in [-0.1, -0.05) is 18.2 Å². The summed E-state index contributed by atoms with van der Waals surface area (Å²) >= 11 is 0. The van der Waals surface area contributed by atoms with Gasteiger partial charge < -0.3 is 9.64 Å². The number of hydrogen-bond acceptors (Lipinski definition) is 3. The molecule has 1 heterocycles. The molecule has 0 aliphatic carbocycles. The standard InChI is InChI=1S/C15H15FN2O2/c1-18(10-11-20-12-6-3-2-4-7-12)15(19)13-8-5-9-17-14(13)16/h2-9H,10-11H2,1H3. The molecule has 0 spiro atoms. The lowest BCUT2D eigenvalue weighted by Crippen LogP contribution is -2.31. The van der Waals surface area contributed by atoms with Gasteiger partial charge in [0.2, 0.25) is 5.95 Å². The van der Waals surface area contributed by atoms with Gasteiger partial charge in [0.15, 0.2) is 0 Å². The second-order valence-corrected chi connectivity index (χ2v) is 4.23. The maximum absolute atomic E-state index is 13.4. The van der Waals surface area contributed by atoms with Gasteiger partial charge in [0.25, 0.3) is 5.91 Å². The molecule has 4 nitrogen and oxygen atoms in total. The van der Waals surface area contributed by atoms with Crippen molar-refractivity contribution in [3.8, 4) is 5.75 Å². The molecule has 0 atom stereocenters. The Labute approximate surface area is 116 Å². The molecule has 1 amide bonds. The van der Waals surface area contributed by atoms with Crippen LogP contribution in [0.3, 0.4) is 0 Å². The highest BCUT2D eigenvalue weighted by Crippen LogP contribution is 2.09. The molecule has 1 aromatic carbocycles. The van der Waals surface area contributed by atoms with Crippen LogP contribution in [0.4, 0.5) is 4.39 Å². The van der Waals surface area contributed by atoms with E-state index in [1.165, 1.54) is 23.2 Å². The molecule has 0 aliphatic heterocycles. The van der Waals surface area contributed by atoms with Gasteiger partial charge in [0, 0.05) is 13.2 Å². The minimum atomic E-state index is -0.756. The molecular formula is C15H15FN2O2. The second-order valence-electron chi connectivity index (χ2n) is 4.23. The third-order valence-corrected chi connectivity index (χ3v) is 2.77. The van der Waals surface area contributed by atoms with Crippen molar-refractivity contribution in [2.75, 3.05) is 20.2 Å². The summed E-state index contributed by atoms with van der Waals surface area (Å²) in [5.74, 6) is -0.429. The van der Waals surface area contributed by atoms with Crippen LogP contribution in [0, 0.1) is 5.95 Å². The van der Waals surface area contributed by atoms with Crippen LogP contribution in [0.5, 0.6) is 5.75 Å². The fraction of sp³-hybridized carbons (Fsp3) is 0.200. The van der Waals surface area contributed by atoms with Crippen LogP contribution in [0.1, 0.15) is 10.4 Å². The van der Waals surface area contributed by atoms with E-state index in [-0.39, 0.29) is 5.56 Å². The Kier molecular flexibility index (Phi) is 4.65. The zero-order chi connectivity index (χ0) is 14.4. The summed E-state index contributed by atoms with van der Waals surface area (Å²) in [6.45, 7) is 0.705. The maximum Gasteiger partial charge on any atom is 0.258 e. The predicted octanol–water partition coefficient (Wildman–Crippen LogP) is 2.37. The monoisotopic (exact) mass is 274 g/mol. The smallest absolute Gasteiger partial charge is 0.258 e. The molecule has 0 fully saturated rings. The number of likely N-dealkylation sites (N-methyl/N-ethyl adjacent to an activating group) is 1. The Balaban J connectivity index is 1.87. The quantitative estimate of drug-likeness (QED) is 0.786. The van der Waals surface area contributed by atoms with Crippen LogP contribution in [0.15, 0.2) is 48.7 Å². The number of pyridine rings is 1. The van der Waals surface area contributed by atoms with Gasteiger partial charge in [-0.2, -0.15) is 4.39 Å². The van der Waals surface area contributed by atoms with Crippen LogP contribution in [0.25, 0.3) is 0 Å². The molecule has 0 N–H and O–H groups in total. The Morgan fingerprint density at radius 2 is 2.00 bits per heavy atom. The first-order valence-corrected chi connectivity index (χ1v) is 6.22. The number of ether oxygens (including phenoxy) is 1. The number of rotatable bonds is 5. The van der Waals surface area contributed by atoms with E-state index < -0.39 is 11.9 Å². The normalized spacial score (nSPS) is 10.1. The van der Waals surface area contributed by atoms with Gasteiger partial charge in [-0.3, -0.25) is 4.79 Å². The van der Waals surface area contributed by atoms with Crippen molar-refractivity contribution < 1.29 is 13.9 Å². The summed E-state index contributed by atoms with van der Waals surface area (Å²) in [4.78, 5) is 16.9. The summed E-state index contributed by atoms with van der Waals surface area (Å²) in [6, 6.07) is 12.3. The average molecular weight is 274 g/mol.